The third kappa shape index (κ3) is 8.62. The Morgan fingerprint density at radius 2 is 1.56 bits per heavy atom. The van der Waals surface area contributed by atoms with E-state index in [2.05, 4.69) is 79.9 Å². The fraction of sp³-hybridized carbons (Fsp3) is 0.607. The molecule has 7 fully saturated rings. The molecular formula is C56H71N11O5. The molecule has 16 heteroatoms. The molecule has 6 aliphatic heterocycles. The van der Waals surface area contributed by atoms with Crippen LogP contribution in [0.5, 0.6) is 0 Å². The largest absolute Gasteiger partial charge is 0.366 e. The van der Waals surface area contributed by atoms with Gasteiger partial charge in [-0.3, -0.25) is 29.3 Å². The summed E-state index contributed by atoms with van der Waals surface area (Å²) in [5.41, 5.74) is 5.97. The second-order valence-corrected chi connectivity index (χ2v) is 23.1. The molecule has 12 rings (SSSR count). The highest BCUT2D eigenvalue weighted by molar-refractivity contribution is 6.09. The number of imide groups is 1. The van der Waals surface area contributed by atoms with Crippen LogP contribution < -0.4 is 20.4 Å². The molecule has 3 atom stereocenters. The van der Waals surface area contributed by atoms with Crippen LogP contribution in [0.2, 0.25) is 0 Å². The minimum Gasteiger partial charge on any atom is -0.366 e. The Bertz CT molecular complexity index is 2760. The fourth-order valence-electron chi connectivity index (χ4n) is 13.6. The Balaban J connectivity index is 0.727. The van der Waals surface area contributed by atoms with E-state index in [9.17, 15) is 19.2 Å². The molecule has 2 saturated carbocycles. The molecule has 16 nitrogen and oxygen atoms in total. The standard InChI is InChI=1S/C56H71N11O5/c1-34(2)66-33-58-46-29-45(60-51(50(46)66)59-40-9-10-40)37-7-12-44-47(26-37)67(42-27-41(28-42)62-19-5-4-6-20-62)55(72)56(44)17-23-64(24-18-56)54(71)39-25-35(3)31-65(32-39)53(70)36-15-21-63(22-16-36)48-13-8-38(30-57-48)43-11-14-49(68)61-52(43)69/h7-8,12-13,26,29-30,33-36,39-43H,4-6,9-11,14-25,27-28,31-32H2,1-3H3,(H,59,60)(H,61,68,69)/t35-,39+,41-,42+,43?/m1/s1. The van der Waals surface area contributed by atoms with Crippen molar-refractivity contribution in [2.75, 3.05) is 67.5 Å². The van der Waals surface area contributed by atoms with Gasteiger partial charge in [0, 0.05) is 93.2 Å². The third-order valence-corrected chi connectivity index (χ3v) is 17.9. The highest BCUT2D eigenvalue weighted by Gasteiger charge is 2.56. The number of piperidine rings is 5. The molecule has 2 aliphatic carbocycles. The normalized spacial score (nSPS) is 27.1. The monoisotopic (exact) mass is 978 g/mol. The van der Waals surface area contributed by atoms with Gasteiger partial charge in [0.05, 0.1) is 34.8 Å². The van der Waals surface area contributed by atoms with E-state index in [1.807, 2.05) is 28.3 Å². The minimum absolute atomic E-state index is 0.106. The maximum absolute atomic E-state index is 15.3. The van der Waals surface area contributed by atoms with Crippen LogP contribution in [0, 0.1) is 17.8 Å². The molecule has 9 heterocycles. The van der Waals surface area contributed by atoms with Crippen LogP contribution in [0.3, 0.4) is 0 Å². The molecule has 1 unspecified atom stereocenters. The van der Waals surface area contributed by atoms with E-state index in [1.165, 1.54) is 19.3 Å². The third-order valence-electron chi connectivity index (χ3n) is 17.9. The van der Waals surface area contributed by atoms with Crippen molar-refractivity contribution in [3.63, 3.8) is 0 Å². The van der Waals surface area contributed by atoms with Crippen molar-refractivity contribution in [1.82, 2.24) is 39.5 Å². The molecule has 380 valence electrons. The molecule has 0 bridgehead atoms. The lowest BCUT2D eigenvalue weighted by molar-refractivity contribution is -0.146. The highest BCUT2D eigenvalue weighted by Crippen LogP contribution is 2.52. The Morgan fingerprint density at radius 3 is 2.26 bits per heavy atom. The van der Waals surface area contributed by atoms with Crippen molar-refractivity contribution in [2.45, 2.75) is 146 Å². The lowest BCUT2D eigenvalue weighted by Crippen LogP contribution is -2.59. The van der Waals surface area contributed by atoms with Crippen LogP contribution in [0.1, 0.15) is 134 Å². The second kappa shape index (κ2) is 18.9. The fourth-order valence-corrected chi connectivity index (χ4v) is 13.6. The predicted molar refractivity (Wildman–Crippen MR) is 275 cm³/mol. The van der Waals surface area contributed by atoms with Crippen molar-refractivity contribution in [2.24, 2.45) is 17.8 Å². The lowest BCUT2D eigenvalue weighted by Gasteiger charge is -2.48. The maximum atomic E-state index is 15.3. The van der Waals surface area contributed by atoms with E-state index in [4.69, 9.17) is 9.97 Å². The van der Waals surface area contributed by atoms with E-state index in [-0.39, 0.29) is 65.3 Å². The smallest absolute Gasteiger partial charge is 0.238 e. The number of likely N-dealkylation sites (tertiary alicyclic amines) is 3. The Labute approximate surface area is 422 Å². The van der Waals surface area contributed by atoms with Gasteiger partial charge in [0.15, 0.2) is 5.82 Å². The number of rotatable bonds is 10. The van der Waals surface area contributed by atoms with Gasteiger partial charge in [-0.1, -0.05) is 31.5 Å². The number of hydrogen-bond acceptors (Lipinski definition) is 11. The van der Waals surface area contributed by atoms with Crippen molar-refractivity contribution in [1.29, 1.82) is 0 Å². The number of benzene rings is 1. The van der Waals surface area contributed by atoms with E-state index in [1.54, 1.807) is 6.20 Å². The first-order valence-electron chi connectivity index (χ1n) is 27.4. The molecule has 1 aromatic carbocycles. The molecule has 0 radical (unpaired) electrons. The molecule has 2 N–H and O–H groups in total. The van der Waals surface area contributed by atoms with Gasteiger partial charge in [0.25, 0.3) is 0 Å². The second-order valence-electron chi connectivity index (χ2n) is 23.1. The molecule has 8 aliphatic rings. The van der Waals surface area contributed by atoms with Gasteiger partial charge in [-0.15, -0.1) is 0 Å². The summed E-state index contributed by atoms with van der Waals surface area (Å²) in [4.78, 5) is 94.0. The summed E-state index contributed by atoms with van der Waals surface area (Å²) in [7, 11) is 0. The molecule has 4 aromatic rings. The maximum Gasteiger partial charge on any atom is 0.238 e. The van der Waals surface area contributed by atoms with Crippen molar-refractivity contribution in [3.05, 3.63) is 60.0 Å². The van der Waals surface area contributed by atoms with E-state index in [0.717, 1.165) is 95.9 Å². The summed E-state index contributed by atoms with van der Waals surface area (Å²) in [5, 5.41) is 6.14. The Hall–Kier alpha value is -5.90. The van der Waals surface area contributed by atoms with E-state index >= 15 is 4.79 Å². The molecule has 1 spiro atoms. The highest BCUT2D eigenvalue weighted by atomic mass is 16.2. The Morgan fingerprint density at radius 1 is 0.792 bits per heavy atom. The number of imidazole rings is 1. The van der Waals surface area contributed by atoms with Gasteiger partial charge >= 0.3 is 0 Å². The Kier molecular flexibility index (Phi) is 12.3. The molecular weight excluding hydrogens is 907 g/mol. The first kappa shape index (κ1) is 47.1. The van der Waals surface area contributed by atoms with Crippen LogP contribution in [0.15, 0.2) is 48.9 Å². The topological polar surface area (TPSA) is 169 Å². The zero-order valence-corrected chi connectivity index (χ0v) is 42.4. The van der Waals surface area contributed by atoms with Crippen LogP contribution in [0.25, 0.3) is 22.3 Å². The average molecular weight is 978 g/mol. The van der Waals surface area contributed by atoms with Gasteiger partial charge in [0.2, 0.25) is 29.5 Å². The number of pyridine rings is 2. The zero-order chi connectivity index (χ0) is 49.4. The summed E-state index contributed by atoms with van der Waals surface area (Å²) in [6.45, 7) is 12.3. The van der Waals surface area contributed by atoms with Crippen LogP contribution in [0.4, 0.5) is 17.3 Å². The van der Waals surface area contributed by atoms with Gasteiger partial charge < -0.3 is 34.4 Å². The molecule has 72 heavy (non-hydrogen) atoms. The quantitative estimate of drug-likeness (QED) is 0.161. The van der Waals surface area contributed by atoms with Crippen LogP contribution >= 0.6 is 0 Å². The first-order chi connectivity index (χ1) is 34.9. The SMILES string of the molecule is CC(C)n1cnc2cc(-c3ccc4c(c3)N([C@H]3C[C@@H](N5CCCCC5)C3)C(=O)C43CCN(C(=O)[C@H]4C[C@@H](C)CN(C(=O)C5CCN(c6ccc(C7CCC(=O)NC7=O)cn6)CC5)C4)CC3)nc(NC3CC3)c21. The van der Waals surface area contributed by atoms with Crippen LogP contribution in [-0.4, -0.2) is 134 Å². The number of fused-ring (bicyclic) bond motifs is 3. The zero-order valence-electron chi connectivity index (χ0n) is 42.4. The number of aromatic nitrogens is 4. The summed E-state index contributed by atoms with van der Waals surface area (Å²) in [6.07, 6.45) is 15.8. The van der Waals surface area contributed by atoms with Gasteiger partial charge in [-0.25, -0.2) is 15.0 Å². The van der Waals surface area contributed by atoms with Gasteiger partial charge in [0.1, 0.15) is 11.3 Å². The van der Waals surface area contributed by atoms with E-state index < -0.39 is 5.41 Å². The van der Waals surface area contributed by atoms with Crippen LogP contribution in [-0.2, 0) is 29.4 Å². The number of nitrogens with one attached hydrogen (secondary N) is 2. The summed E-state index contributed by atoms with van der Waals surface area (Å²) in [6, 6.07) is 13.8. The van der Waals surface area contributed by atoms with Crippen molar-refractivity contribution in [3.8, 4) is 11.3 Å². The summed E-state index contributed by atoms with van der Waals surface area (Å²) < 4.78 is 2.20. The summed E-state index contributed by atoms with van der Waals surface area (Å²) in [5.74, 6) is 1.05. The molecule has 5 amide bonds. The predicted octanol–water partition coefficient (Wildman–Crippen LogP) is 6.79. The first-order valence-corrected chi connectivity index (χ1v) is 27.4. The number of anilines is 3. The van der Waals surface area contributed by atoms with Gasteiger partial charge in [-0.05, 0) is 139 Å². The average Bonchev–Trinajstić information content (AvgIpc) is 4.04. The van der Waals surface area contributed by atoms with Gasteiger partial charge in [-0.2, -0.15) is 0 Å². The number of hydrogen-bond donors (Lipinski definition) is 2. The molecule has 5 saturated heterocycles. The summed E-state index contributed by atoms with van der Waals surface area (Å²) >= 11 is 0. The number of carbonyl (C=O) groups excluding carboxylic acids is 5. The van der Waals surface area contributed by atoms with E-state index in [0.29, 0.717) is 89.9 Å². The number of nitrogens with zero attached hydrogens (tertiary/aromatic N) is 9. The van der Waals surface area contributed by atoms with Crippen molar-refractivity contribution >= 4 is 57.9 Å². The number of amides is 5. The van der Waals surface area contributed by atoms with Crippen molar-refractivity contribution < 1.29 is 24.0 Å². The number of carbonyl (C=O) groups is 5. The molecule has 3 aromatic heterocycles. The lowest BCUT2D eigenvalue weighted by atomic mass is 9.73. The minimum atomic E-state index is -0.700.